The van der Waals surface area contributed by atoms with Gasteiger partial charge in [-0.05, 0) is 47.3 Å². The van der Waals surface area contributed by atoms with Gasteiger partial charge in [0.05, 0.1) is 5.60 Å². The minimum absolute atomic E-state index is 0.0476. The Bertz CT molecular complexity index is 194. The van der Waals surface area contributed by atoms with Gasteiger partial charge >= 0.3 is 0 Å². The van der Waals surface area contributed by atoms with E-state index in [1.807, 2.05) is 7.11 Å². The van der Waals surface area contributed by atoms with Gasteiger partial charge in [0.1, 0.15) is 0 Å². The second-order valence-electron chi connectivity index (χ2n) is 5.29. The molecule has 1 rings (SSSR count). The van der Waals surface area contributed by atoms with Gasteiger partial charge in [-0.15, -0.1) is 0 Å². The van der Waals surface area contributed by atoms with E-state index in [2.05, 4.69) is 37.7 Å². The first-order chi connectivity index (χ1) is 6.99. The summed E-state index contributed by atoms with van der Waals surface area (Å²) in [7, 11) is 6.09. The first-order valence-corrected chi connectivity index (χ1v) is 5.93. The quantitative estimate of drug-likeness (QED) is 0.704. The standard InChI is InChI=1S/C12H26N2O/c1-11(2)14-8-6-7-12(10-14,15-5)9-13(3)4/h11H,6-10H2,1-5H3/t12-/m1/s1. The Kier molecular flexibility index (Phi) is 4.56. The van der Waals surface area contributed by atoms with Crippen molar-refractivity contribution in [1.82, 2.24) is 9.80 Å². The van der Waals surface area contributed by atoms with Gasteiger partial charge < -0.3 is 9.64 Å². The fraction of sp³-hybridized carbons (Fsp3) is 1.00. The average Bonchev–Trinajstić information content (AvgIpc) is 2.17. The van der Waals surface area contributed by atoms with Gasteiger partial charge in [0.2, 0.25) is 0 Å². The fourth-order valence-electron chi connectivity index (χ4n) is 2.51. The zero-order valence-electron chi connectivity index (χ0n) is 10.9. The Morgan fingerprint density at radius 2 is 2.07 bits per heavy atom. The summed E-state index contributed by atoms with van der Waals surface area (Å²) in [6.45, 7) is 7.84. The largest absolute Gasteiger partial charge is 0.376 e. The molecule has 1 aliphatic rings. The van der Waals surface area contributed by atoms with E-state index < -0.39 is 0 Å². The highest BCUT2D eigenvalue weighted by molar-refractivity contribution is 4.91. The molecule has 0 bridgehead atoms. The summed E-state index contributed by atoms with van der Waals surface area (Å²) in [4.78, 5) is 4.75. The smallest absolute Gasteiger partial charge is 0.0931 e. The van der Waals surface area contributed by atoms with Crippen LogP contribution in [0.15, 0.2) is 0 Å². The van der Waals surface area contributed by atoms with E-state index in [0.717, 1.165) is 13.1 Å². The number of rotatable bonds is 4. The summed E-state index contributed by atoms with van der Waals surface area (Å²) in [6.07, 6.45) is 2.44. The van der Waals surface area contributed by atoms with E-state index >= 15 is 0 Å². The number of piperidine rings is 1. The van der Waals surface area contributed by atoms with Gasteiger partial charge in [-0.2, -0.15) is 0 Å². The van der Waals surface area contributed by atoms with Crippen LogP contribution in [-0.2, 0) is 4.74 Å². The lowest BCUT2D eigenvalue weighted by molar-refractivity contribution is -0.0829. The normalized spacial score (nSPS) is 29.0. The Labute approximate surface area is 94.4 Å². The van der Waals surface area contributed by atoms with E-state index in [4.69, 9.17) is 4.74 Å². The van der Waals surface area contributed by atoms with Crippen molar-refractivity contribution in [1.29, 1.82) is 0 Å². The lowest BCUT2D eigenvalue weighted by Crippen LogP contribution is -2.55. The molecule has 0 aromatic rings. The lowest BCUT2D eigenvalue weighted by Gasteiger charge is -2.44. The first kappa shape index (κ1) is 12.9. The molecule has 1 aliphatic heterocycles. The van der Waals surface area contributed by atoms with Crippen LogP contribution in [0.3, 0.4) is 0 Å². The summed E-state index contributed by atoms with van der Waals surface area (Å²) >= 11 is 0. The van der Waals surface area contributed by atoms with Crippen LogP contribution >= 0.6 is 0 Å². The highest BCUT2D eigenvalue weighted by Crippen LogP contribution is 2.26. The number of nitrogens with zero attached hydrogens (tertiary/aromatic N) is 2. The molecule has 0 radical (unpaired) electrons. The third kappa shape index (κ3) is 3.44. The Balaban J connectivity index is 2.63. The number of ether oxygens (including phenoxy) is 1. The zero-order chi connectivity index (χ0) is 11.5. The number of hydrogen-bond acceptors (Lipinski definition) is 3. The van der Waals surface area contributed by atoms with E-state index in [1.54, 1.807) is 0 Å². The molecular weight excluding hydrogens is 188 g/mol. The molecule has 1 fully saturated rings. The van der Waals surface area contributed by atoms with Crippen LogP contribution in [0.1, 0.15) is 26.7 Å². The molecule has 0 amide bonds. The van der Waals surface area contributed by atoms with Crippen molar-refractivity contribution >= 4 is 0 Å². The van der Waals surface area contributed by atoms with Crippen LogP contribution in [0.5, 0.6) is 0 Å². The molecule has 0 unspecified atom stereocenters. The number of hydrogen-bond donors (Lipinski definition) is 0. The van der Waals surface area contributed by atoms with E-state index in [-0.39, 0.29) is 5.60 Å². The summed E-state index contributed by atoms with van der Waals surface area (Å²) in [6, 6.07) is 0.627. The van der Waals surface area contributed by atoms with E-state index in [0.29, 0.717) is 6.04 Å². The molecule has 0 spiro atoms. The van der Waals surface area contributed by atoms with Crippen molar-refractivity contribution in [3.05, 3.63) is 0 Å². The summed E-state index contributed by atoms with van der Waals surface area (Å²) < 4.78 is 5.79. The van der Waals surface area contributed by atoms with Crippen LogP contribution in [0.25, 0.3) is 0 Å². The summed E-state index contributed by atoms with van der Waals surface area (Å²) in [5.74, 6) is 0. The molecule has 0 aromatic heterocycles. The van der Waals surface area contributed by atoms with Crippen molar-refractivity contribution in [2.75, 3.05) is 40.8 Å². The molecule has 0 saturated carbocycles. The average molecular weight is 214 g/mol. The monoisotopic (exact) mass is 214 g/mol. The Morgan fingerprint density at radius 1 is 1.40 bits per heavy atom. The second kappa shape index (κ2) is 5.28. The predicted molar refractivity (Wildman–Crippen MR) is 64.2 cm³/mol. The van der Waals surface area contributed by atoms with Crippen LogP contribution in [0.2, 0.25) is 0 Å². The van der Waals surface area contributed by atoms with Crippen molar-refractivity contribution in [2.24, 2.45) is 0 Å². The SMILES string of the molecule is CO[C@@]1(CN(C)C)CCCN(C(C)C)C1. The molecule has 90 valence electrons. The topological polar surface area (TPSA) is 15.7 Å². The minimum atomic E-state index is 0.0476. The van der Waals surface area contributed by atoms with Crippen LogP contribution in [0, 0.1) is 0 Å². The maximum Gasteiger partial charge on any atom is 0.0931 e. The highest BCUT2D eigenvalue weighted by Gasteiger charge is 2.36. The Morgan fingerprint density at radius 3 is 2.53 bits per heavy atom. The zero-order valence-corrected chi connectivity index (χ0v) is 10.9. The van der Waals surface area contributed by atoms with E-state index in [1.165, 1.54) is 19.4 Å². The van der Waals surface area contributed by atoms with Crippen molar-refractivity contribution in [3.8, 4) is 0 Å². The third-order valence-electron chi connectivity index (χ3n) is 3.34. The van der Waals surface area contributed by atoms with Crippen LogP contribution in [-0.4, -0.2) is 62.3 Å². The van der Waals surface area contributed by atoms with Crippen molar-refractivity contribution < 1.29 is 4.74 Å². The lowest BCUT2D eigenvalue weighted by atomic mass is 9.91. The Hall–Kier alpha value is -0.120. The molecule has 0 aliphatic carbocycles. The van der Waals surface area contributed by atoms with Crippen molar-refractivity contribution in [3.63, 3.8) is 0 Å². The number of likely N-dealkylation sites (tertiary alicyclic amines) is 1. The van der Waals surface area contributed by atoms with Gasteiger partial charge in [-0.1, -0.05) is 0 Å². The number of methoxy groups -OCH3 is 1. The highest BCUT2D eigenvalue weighted by atomic mass is 16.5. The van der Waals surface area contributed by atoms with Gasteiger partial charge in [-0.25, -0.2) is 0 Å². The van der Waals surface area contributed by atoms with Crippen LogP contribution in [0.4, 0.5) is 0 Å². The van der Waals surface area contributed by atoms with Crippen molar-refractivity contribution in [2.45, 2.75) is 38.3 Å². The van der Waals surface area contributed by atoms with Crippen LogP contribution < -0.4 is 0 Å². The summed E-state index contributed by atoms with van der Waals surface area (Å²) in [5.41, 5.74) is 0.0476. The molecule has 3 nitrogen and oxygen atoms in total. The van der Waals surface area contributed by atoms with E-state index in [9.17, 15) is 0 Å². The van der Waals surface area contributed by atoms with Gasteiger partial charge in [0, 0.05) is 26.2 Å². The summed E-state index contributed by atoms with van der Waals surface area (Å²) in [5, 5.41) is 0. The van der Waals surface area contributed by atoms with Gasteiger partial charge in [-0.3, -0.25) is 4.90 Å². The van der Waals surface area contributed by atoms with Gasteiger partial charge in [0.25, 0.3) is 0 Å². The molecule has 0 aromatic carbocycles. The second-order valence-corrected chi connectivity index (χ2v) is 5.29. The molecule has 15 heavy (non-hydrogen) atoms. The molecule has 1 saturated heterocycles. The first-order valence-electron chi connectivity index (χ1n) is 5.93. The number of likely N-dealkylation sites (N-methyl/N-ethyl adjacent to an activating group) is 1. The third-order valence-corrected chi connectivity index (χ3v) is 3.34. The van der Waals surface area contributed by atoms with Gasteiger partial charge in [0.15, 0.2) is 0 Å². The predicted octanol–water partition coefficient (Wildman–Crippen LogP) is 1.44. The molecular formula is C12H26N2O. The molecule has 1 atom stereocenters. The fourth-order valence-corrected chi connectivity index (χ4v) is 2.51. The molecule has 3 heteroatoms. The maximum atomic E-state index is 5.79. The maximum absolute atomic E-state index is 5.79. The molecule has 0 N–H and O–H groups in total. The molecule has 1 heterocycles. The minimum Gasteiger partial charge on any atom is -0.376 e.